The molecule has 0 radical (unpaired) electrons. The van der Waals surface area contributed by atoms with Crippen molar-refractivity contribution in [3.63, 3.8) is 0 Å². The molecule has 1 aromatic carbocycles. The number of aromatic nitrogens is 1. The van der Waals surface area contributed by atoms with E-state index in [1.807, 2.05) is 24.3 Å². The van der Waals surface area contributed by atoms with E-state index in [1.54, 1.807) is 0 Å². The van der Waals surface area contributed by atoms with Gasteiger partial charge in [0.25, 0.3) is 0 Å². The van der Waals surface area contributed by atoms with Crippen molar-refractivity contribution in [1.29, 1.82) is 0 Å². The Labute approximate surface area is 243 Å². The van der Waals surface area contributed by atoms with Gasteiger partial charge in [-0.05, 0) is 94.8 Å². The van der Waals surface area contributed by atoms with Crippen LogP contribution in [0.1, 0.15) is 68.8 Å². The molecular formula is C32H45N5O4. The number of pyridine rings is 1. The van der Waals surface area contributed by atoms with Gasteiger partial charge in [-0.3, -0.25) is 9.59 Å². The summed E-state index contributed by atoms with van der Waals surface area (Å²) in [6, 6.07) is 11.7. The first-order valence-electron chi connectivity index (χ1n) is 15.3. The van der Waals surface area contributed by atoms with Crippen LogP contribution in [0.2, 0.25) is 0 Å². The number of rotatable bonds is 10. The van der Waals surface area contributed by atoms with E-state index in [9.17, 15) is 14.7 Å². The number of aliphatic carboxylic acids is 1. The fraction of sp³-hybridized carbons (Fsp3) is 0.594. The largest absolute Gasteiger partial charge is 0.481 e. The van der Waals surface area contributed by atoms with Crippen LogP contribution in [0, 0.1) is 5.92 Å². The van der Waals surface area contributed by atoms with Crippen LogP contribution in [0.3, 0.4) is 0 Å². The lowest BCUT2D eigenvalue weighted by molar-refractivity contribution is -0.138. The molecule has 1 aromatic heterocycles. The van der Waals surface area contributed by atoms with E-state index in [-0.39, 0.29) is 30.5 Å². The molecule has 9 nitrogen and oxygen atoms in total. The van der Waals surface area contributed by atoms with Crippen molar-refractivity contribution in [3.8, 4) is 0 Å². The Hall–Kier alpha value is -3.17. The maximum Gasteiger partial charge on any atom is 0.305 e. The van der Waals surface area contributed by atoms with Crippen molar-refractivity contribution >= 4 is 23.4 Å². The minimum Gasteiger partial charge on any atom is -0.481 e. The molecule has 9 heteroatoms. The van der Waals surface area contributed by atoms with Crippen LogP contribution in [0.25, 0.3) is 0 Å². The van der Waals surface area contributed by atoms with Gasteiger partial charge in [0.05, 0.1) is 30.6 Å². The maximum absolute atomic E-state index is 13.4. The second kappa shape index (κ2) is 13.7. The number of morpholine rings is 1. The summed E-state index contributed by atoms with van der Waals surface area (Å²) in [4.78, 5) is 34.7. The topological polar surface area (TPSA) is 107 Å². The minimum absolute atomic E-state index is 0.0533. The highest BCUT2D eigenvalue weighted by atomic mass is 16.5. The summed E-state index contributed by atoms with van der Waals surface area (Å²) in [5, 5.41) is 16.2. The van der Waals surface area contributed by atoms with Gasteiger partial charge in [0.15, 0.2) is 0 Å². The van der Waals surface area contributed by atoms with E-state index < -0.39 is 12.0 Å². The predicted molar refractivity (Wildman–Crippen MR) is 160 cm³/mol. The highest BCUT2D eigenvalue weighted by molar-refractivity contribution is 5.80. The van der Waals surface area contributed by atoms with Gasteiger partial charge in [-0.2, -0.15) is 0 Å². The van der Waals surface area contributed by atoms with Crippen molar-refractivity contribution in [1.82, 2.24) is 15.2 Å². The van der Waals surface area contributed by atoms with Crippen LogP contribution < -0.4 is 15.5 Å². The lowest BCUT2D eigenvalue weighted by Gasteiger charge is -2.37. The number of anilines is 2. The van der Waals surface area contributed by atoms with E-state index in [0.29, 0.717) is 6.54 Å². The number of carboxylic acid groups (broad SMARTS) is 1. The summed E-state index contributed by atoms with van der Waals surface area (Å²) in [5.74, 6) is -0.0813. The zero-order valence-electron chi connectivity index (χ0n) is 24.5. The molecular weight excluding hydrogens is 518 g/mol. The van der Waals surface area contributed by atoms with Gasteiger partial charge >= 0.3 is 5.97 Å². The number of fused-ring (bicyclic) bond motifs is 1. The number of nitrogens with one attached hydrogen (secondary N) is 2. The normalized spacial score (nSPS) is 23.8. The third kappa shape index (κ3) is 7.98. The molecule has 0 spiro atoms. The molecule has 2 aromatic rings. The fourth-order valence-electron chi connectivity index (χ4n) is 6.51. The zero-order chi connectivity index (χ0) is 28.8. The smallest absolute Gasteiger partial charge is 0.305 e. The van der Waals surface area contributed by atoms with E-state index in [1.165, 1.54) is 5.56 Å². The second-order valence-corrected chi connectivity index (χ2v) is 12.0. The number of benzene rings is 1. The number of hydrogen-bond donors (Lipinski definition) is 3. The van der Waals surface area contributed by atoms with Crippen molar-refractivity contribution < 1.29 is 19.4 Å². The molecule has 0 bridgehead atoms. The number of carbonyl (C=O) groups is 2. The molecule has 2 fully saturated rings. The van der Waals surface area contributed by atoms with Crippen LogP contribution in [0.5, 0.6) is 0 Å². The van der Waals surface area contributed by atoms with E-state index in [0.717, 1.165) is 94.0 Å². The third-order valence-electron chi connectivity index (χ3n) is 8.49. The average molecular weight is 564 g/mol. The van der Waals surface area contributed by atoms with E-state index >= 15 is 0 Å². The quantitative estimate of drug-likeness (QED) is 0.398. The molecule has 0 saturated carbocycles. The molecule has 3 aliphatic rings. The number of amides is 1. The van der Waals surface area contributed by atoms with Gasteiger partial charge in [0, 0.05) is 37.6 Å². The maximum atomic E-state index is 13.4. The zero-order valence-corrected chi connectivity index (χ0v) is 24.5. The molecule has 5 rings (SSSR count). The van der Waals surface area contributed by atoms with Crippen LogP contribution in [-0.2, 0) is 27.2 Å². The number of carboxylic acids is 1. The number of ether oxygens (including phenoxy) is 1. The number of hydrogen-bond acceptors (Lipinski definition) is 7. The molecule has 2 saturated heterocycles. The number of carbonyl (C=O) groups excluding carboxylic acids is 1. The Morgan fingerprint density at radius 2 is 1.98 bits per heavy atom. The first kappa shape index (κ1) is 29.3. The average Bonchev–Trinajstić information content (AvgIpc) is 2.96. The standard InChI is InChI=1S/C32H45N5O4/c1-22-19-37(20-23(2)41-22)28-11-3-7-25(17-28)29(18-30(38)39)35-32(40)26-9-5-15-36(21-26)16-6-10-27-13-12-24-8-4-14-33-31(24)34-27/h3,7,11-13,17,22-23,26,29H,4-6,8-10,14-16,18-21H2,1-2H3,(H,33,34)(H,35,40)(H,38,39)/t22-,23?,26-,29+/m1/s1. The molecule has 1 unspecified atom stereocenters. The highest BCUT2D eigenvalue weighted by Crippen LogP contribution is 2.27. The predicted octanol–water partition coefficient (Wildman–Crippen LogP) is 4.03. The van der Waals surface area contributed by atoms with Gasteiger partial charge in [-0.1, -0.05) is 18.2 Å². The van der Waals surface area contributed by atoms with Gasteiger partial charge in [0.1, 0.15) is 5.82 Å². The number of likely N-dealkylation sites (tertiary alicyclic amines) is 1. The Morgan fingerprint density at radius 1 is 1.15 bits per heavy atom. The van der Waals surface area contributed by atoms with Crippen LogP contribution in [-0.4, -0.2) is 78.3 Å². The number of piperidine rings is 1. The summed E-state index contributed by atoms with van der Waals surface area (Å²) in [6.45, 7) is 9.29. The summed E-state index contributed by atoms with van der Waals surface area (Å²) >= 11 is 0. The molecule has 1 amide bonds. The third-order valence-corrected chi connectivity index (χ3v) is 8.49. The van der Waals surface area contributed by atoms with Gasteiger partial charge in [-0.25, -0.2) is 4.98 Å². The molecule has 3 N–H and O–H groups in total. The van der Waals surface area contributed by atoms with Crippen molar-refractivity contribution in [2.24, 2.45) is 5.92 Å². The Balaban J connectivity index is 1.17. The lowest BCUT2D eigenvalue weighted by Crippen LogP contribution is -2.45. The highest BCUT2D eigenvalue weighted by Gasteiger charge is 2.29. The SMILES string of the molecule is CC1CN(c2cccc([C@H](CC(=O)O)NC(=O)[C@@H]3CCCN(CCCc4ccc5c(n4)NCCC5)C3)c2)C[C@@H](C)O1. The van der Waals surface area contributed by atoms with Crippen LogP contribution in [0.15, 0.2) is 36.4 Å². The molecule has 41 heavy (non-hydrogen) atoms. The first-order valence-corrected chi connectivity index (χ1v) is 15.3. The minimum atomic E-state index is -0.925. The molecule has 4 heterocycles. The van der Waals surface area contributed by atoms with Gasteiger partial charge in [0.2, 0.25) is 5.91 Å². The summed E-state index contributed by atoms with van der Waals surface area (Å²) in [5.41, 5.74) is 4.28. The van der Waals surface area contributed by atoms with Crippen LogP contribution >= 0.6 is 0 Å². The van der Waals surface area contributed by atoms with E-state index in [4.69, 9.17) is 9.72 Å². The fourth-order valence-corrected chi connectivity index (χ4v) is 6.51. The van der Waals surface area contributed by atoms with Gasteiger partial charge in [-0.15, -0.1) is 0 Å². The summed E-state index contributed by atoms with van der Waals surface area (Å²) in [7, 11) is 0. The molecule has 4 atom stereocenters. The van der Waals surface area contributed by atoms with Crippen molar-refractivity contribution in [2.75, 3.05) is 49.5 Å². The van der Waals surface area contributed by atoms with E-state index in [2.05, 4.69) is 46.4 Å². The Morgan fingerprint density at radius 3 is 2.78 bits per heavy atom. The molecule has 3 aliphatic heterocycles. The number of nitrogens with zero attached hydrogens (tertiary/aromatic N) is 3. The Kier molecular flexibility index (Phi) is 9.77. The monoisotopic (exact) mass is 563 g/mol. The molecule has 222 valence electrons. The lowest BCUT2D eigenvalue weighted by atomic mass is 9.95. The van der Waals surface area contributed by atoms with Crippen molar-refractivity contribution in [3.05, 3.63) is 53.2 Å². The molecule has 0 aliphatic carbocycles. The Bertz CT molecular complexity index is 1200. The second-order valence-electron chi connectivity index (χ2n) is 12.0. The van der Waals surface area contributed by atoms with Gasteiger partial charge < -0.3 is 30.3 Å². The summed E-state index contributed by atoms with van der Waals surface area (Å²) < 4.78 is 5.88. The van der Waals surface area contributed by atoms with Crippen LogP contribution in [0.4, 0.5) is 11.5 Å². The first-order chi connectivity index (χ1) is 19.8. The summed E-state index contributed by atoms with van der Waals surface area (Å²) in [6.07, 6.45) is 6.05. The number of aryl methyl sites for hydroxylation is 2. The van der Waals surface area contributed by atoms with Crippen molar-refractivity contribution in [2.45, 2.75) is 77.0 Å².